The molecule has 1 spiro atoms. The largest absolute Gasteiger partial charge is 0.455 e. The summed E-state index contributed by atoms with van der Waals surface area (Å²) < 4.78 is 12.9. The van der Waals surface area contributed by atoms with Crippen LogP contribution in [0.5, 0.6) is 0 Å². The summed E-state index contributed by atoms with van der Waals surface area (Å²) in [4.78, 5) is 59.4. The lowest BCUT2D eigenvalue weighted by atomic mass is 9.77. The minimum Gasteiger partial charge on any atom is -0.455 e. The van der Waals surface area contributed by atoms with E-state index in [9.17, 15) is 24.3 Å². The van der Waals surface area contributed by atoms with Crippen LogP contribution in [-0.2, 0) is 28.7 Å². The van der Waals surface area contributed by atoms with Gasteiger partial charge in [-0.15, -0.1) is 0 Å². The highest BCUT2D eigenvalue weighted by atomic mass is 16.6. The maximum absolute atomic E-state index is 14.7. The van der Waals surface area contributed by atoms with Gasteiger partial charge in [0.25, 0.3) is 0 Å². The number of benzene rings is 1. The average Bonchev–Trinajstić information content (AvgIpc) is 3.40. The molecule has 0 aliphatic carbocycles. The van der Waals surface area contributed by atoms with Crippen molar-refractivity contribution in [2.45, 2.75) is 95.7 Å². The number of allylic oxidation sites excluding steroid dienone is 1. The molecule has 8 atom stereocenters. The second-order valence-corrected chi connectivity index (χ2v) is 13.2. The van der Waals surface area contributed by atoms with Crippen molar-refractivity contribution in [1.82, 2.24) is 15.1 Å². The van der Waals surface area contributed by atoms with Crippen molar-refractivity contribution in [3.05, 3.63) is 60.2 Å². The van der Waals surface area contributed by atoms with Gasteiger partial charge in [0, 0.05) is 19.0 Å². The molecule has 2 fully saturated rings. The molecule has 1 aromatic carbocycles. The smallest absolute Gasteiger partial charge is 0.313 e. The summed E-state index contributed by atoms with van der Waals surface area (Å²) in [5.41, 5.74) is -0.724. The molecule has 10 nitrogen and oxygen atoms in total. The molecule has 2 N–H and O–H groups in total. The highest BCUT2D eigenvalue weighted by molar-refractivity contribution is 5.99. The van der Waals surface area contributed by atoms with Crippen molar-refractivity contribution in [2.75, 3.05) is 19.7 Å². The third-order valence-electron chi connectivity index (χ3n) is 9.60. The Morgan fingerprint density at radius 2 is 1.82 bits per heavy atom. The standard InChI is InChI=1S/C35H47N3O7/c1-5-12-23(4)37-18-11-17-35-30(32(41)38(31(35)33(37)42)25(21-39)19-22(2)3)29-26(45-35)15-9-10-16-28(40)36-20-27(44-34(29)43)24-13-7-6-8-14-24/h6-9,11,13-15,17,22-23,25-27,29-31,39H,5,10,12,16,18-21H2,1-4H3,(H,36,40)/b15-9-/t23?,25-,26-,27+,29+,30+,31-,35+/m1/s1. The van der Waals surface area contributed by atoms with Gasteiger partial charge in [-0.3, -0.25) is 19.2 Å². The number of hydrogen-bond acceptors (Lipinski definition) is 7. The van der Waals surface area contributed by atoms with Gasteiger partial charge in [0.1, 0.15) is 23.7 Å². The molecule has 0 radical (unpaired) electrons. The Morgan fingerprint density at radius 1 is 1.07 bits per heavy atom. The van der Waals surface area contributed by atoms with Crippen LogP contribution >= 0.6 is 0 Å². The molecule has 0 bridgehead atoms. The number of rotatable bonds is 8. The van der Waals surface area contributed by atoms with Gasteiger partial charge in [-0.1, -0.05) is 81.8 Å². The monoisotopic (exact) mass is 621 g/mol. The SMILES string of the molecule is CCCC(C)N1CC=C[C@]23O[C@@H]4/C=C\CCC(=O)NC[C@@H](c5ccccc5)OC(=O)[C@@H]4[C@H]2C(=O)N([C@@H](CO)CC(C)C)[C@@H]3C1=O. The second kappa shape index (κ2) is 13.9. The van der Waals surface area contributed by atoms with Crippen molar-refractivity contribution < 1.29 is 33.8 Å². The van der Waals surface area contributed by atoms with E-state index in [4.69, 9.17) is 9.47 Å². The Kier molecular flexibility index (Phi) is 10.1. The molecule has 4 heterocycles. The van der Waals surface area contributed by atoms with Gasteiger partial charge in [-0.05, 0) is 37.7 Å². The minimum absolute atomic E-state index is 0.0767. The second-order valence-electron chi connectivity index (χ2n) is 13.2. The van der Waals surface area contributed by atoms with E-state index >= 15 is 0 Å². The van der Waals surface area contributed by atoms with Gasteiger partial charge in [-0.25, -0.2) is 0 Å². The van der Waals surface area contributed by atoms with Crippen molar-refractivity contribution in [3.8, 4) is 0 Å². The van der Waals surface area contributed by atoms with E-state index in [-0.39, 0.29) is 43.3 Å². The number of carbonyl (C=O) groups is 4. The lowest BCUT2D eigenvalue weighted by Crippen LogP contribution is -2.59. The fourth-order valence-corrected chi connectivity index (χ4v) is 7.55. The quantitative estimate of drug-likeness (QED) is 0.337. The Bertz CT molecular complexity index is 1310. The lowest BCUT2D eigenvalue weighted by molar-refractivity contribution is -0.161. The van der Waals surface area contributed by atoms with Gasteiger partial charge in [0.05, 0.1) is 31.2 Å². The van der Waals surface area contributed by atoms with Crippen LogP contribution in [0.25, 0.3) is 0 Å². The predicted molar refractivity (Wildman–Crippen MR) is 167 cm³/mol. The number of esters is 1. The summed E-state index contributed by atoms with van der Waals surface area (Å²) in [5, 5.41) is 13.5. The first-order chi connectivity index (χ1) is 21.6. The first-order valence-corrected chi connectivity index (χ1v) is 16.4. The fraction of sp³-hybridized carbons (Fsp3) is 0.600. The molecular weight excluding hydrogens is 574 g/mol. The Labute approximate surface area is 265 Å². The van der Waals surface area contributed by atoms with Crippen LogP contribution in [0.3, 0.4) is 0 Å². The van der Waals surface area contributed by atoms with Crippen molar-refractivity contribution in [3.63, 3.8) is 0 Å². The first-order valence-electron chi connectivity index (χ1n) is 16.4. The van der Waals surface area contributed by atoms with Crippen molar-refractivity contribution in [2.24, 2.45) is 17.8 Å². The zero-order valence-electron chi connectivity index (χ0n) is 26.8. The lowest BCUT2D eigenvalue weighted by Gasteiger charge is -2.40. The first kappa shape index (κ1) is 32.9. The number of cyclic esters (lactones) is 1. The molecule has 4 aliphatic rings. The van der Waals surface area contributed by atoms with Crippen LogP contribution in [0.1, 0.15) is 71.5 Å². The van der Waals surface area contributed by atoms with E-state index in [1.807, 2.05) is 63.3 Å². The van der Waals surface area contributed by atoms with Crippen LogP contribution in [0.4, 0.5) is 0 Å². The molecule has 2 saturated heterocycles. The molecule has 1 aromatic rings. The molecule has 244 valence electrons. The van der Waals surface area contributed by atoms with Crippen LogP contribution < -0.4 is 5.32 Å². The summed E-state index contributed by atoms with van der Waals surface area (Å²) >= 11 is 0. The Hall–Kier alpha value is -3.50. The Balaban J connectivity index is 1.61. The number of nitrogens with one attached hydrogen (secondary N) is 1. The summed E-state index contributed by atoms with van der Waals surface area (Å²) in [6.45, 7) is 8.20. The average molecular weight is 622 g/mol. The summed E-state index contributed by atoms with van der Waals surface area (Å²) in [6, 6.07) is 7.42. The number of fused-ring (bicyclic) bond motifs is 2. The zero-order chi connectivity index (χ0) is 32.3. The van der Waals surface area contributed by atoms with Crippen LogP contribution in [0, 0.1) is 17.8 Å². The number of carbonyl (C=O) groups excluding carboxylic acids is 4. The van der Waals surface area contributed by atoms with Crippen molar-refractivity contribution in [1.29, 1.82) is 0 Å². The number of likely N-dealkylation sites (tertiary alicyclic amines) is 1. The van der Waals surface area contributed by atoms with Crippen molar-refractivity contribution >= 4 is 23.7 Å². The molecule has 0 aromatic heterocycles. The molecular formula is C35H47N3O7. The van der Waals surface area contributed by atoms with Gasteiger partial charge >= 0.3 is 5.97 Å². The van der Waals surface area contributed by atoms with E-state index in [2.05, 4.69) is 12.2 Å². The van der Waals surface area contributed by atoms with Gasteiger partial charge < -0.3 is 29.7 Å². The molecule has 10 heteroatoms. The maximum Gasteiger partial charge on any atom is 0.313 e. The number of amides is 3. The fourth-order valence-electron chi connectivity index (χ4n) is 7.55. The number of aliphatic hydroxyl groups is 1. The molecule has 4 aliphatic heterocycles. The third-order valence-corrected chi connectivity index (χ3v) is 9.60. The van der Waals surface area contributed by atoms with E-state index in [1.54, 1.807) is 17.1 Å². The van der Waals surface area contributed by atoms with E-state index in [0.29, 0.717) is 24.9 Å². The van der Waals surface area contributed by atoms with Gasteiger partial charge in [-0.2, -0.15) is 0 Å². The van der Waals surface area contributed by atoms with E-state index in [0.717, 1.165) is 12.8 Å². The zero-order valence-corrected chi connectivity index (χ0v) is 26.8. The maximum atomic E-state index is 14.7. The molecule has 0 saturated carbocycles. The summed E-state index contributed by atoms with van der Waals surface area (Å²) in [5.74, 6) is -3.37. The normalized spacial score (nSPS) is 32.4. The van der Waals surface area contributed by atoms with Crippen LogP contribution in [0.15, 0.2) is 54.6 Å². The van der Waals surface area contributed by atoms with Crippen LogP contribution in [-0.4, -0.2) is 88.1 Å². The molecule has 45 heavy (non-hydrogen) atoms. The number of aliphatic hydroxyl groups excluding tert-OH is 1. The van der Waals surface area contributed by atoms with Gasteiger partial charge in [0.15, 0.2) is 0 Å². The number of hydrogen-bond donors (Lipinski definition) is 2. The Morgan fingerprint density at radius 3 is 2.51 bits per heavy atom. The minimum atomic E-state index is -1.44. The number of nitrogens with zero attached hydrogens (tertiary/aromatic N) is 2. The summed E-state index contributed by atoms with van der Waals surface area (Å²) in [7, 11) is 0. The third kappa shape index (κ3) is 6.31. The van der Waals surface area contributed by atoms with Gasteiger partial charge in [0.2, 0.25) is 17.7 Å². The molecule has 5 rings (SSSR count). The number of ether oxygens (including phenoxy) is 2. The molecule has 3 amide bonds. The highest BCUT2D eigenvalue weighted by Crippen LogP contribution is 2.54. The molecule has 1 unspecified atom stereocenters. The predicted octanol–water partition coefficient (Wildman–Crippen LogP) is 3.31. The highest BCUT2D eigenvalue weighted by Gasteiger charge is 2.72. The van der Waals surface area contributed by atoms with E-state index in [1.165, 1.54) is 4.90 Å². The van der Waals surface area contributed by atoms with Crippen LogP contribution in [0.2, 0.25) is 0 Å². The topological polar surface area (TPSA) is 125 Å². The summed E-state index contributed by atoms with van der Waals surface area (Å²) in [6.07, 6.45) is 8.40. The van der Waals surface area contributed by atoms with E-state index < -0.39 is 53.6 Å².